The Balaban J connectivity index is 1.94. The van der Waals surface area contributed by atoms with E-state index in [0.717, 1.165) is 37.2 Å². The van der Waals surface area contributed by atoms with E-state index in [9.17, 15) is 5.11 Å². The lowest BCUT2D eigenvalue weighted by Gasteiger charge is -2.07. The minimum atomic E-state index is 0.303. The molecule has 4 heteroatoms. The summed E-state index contributed by atoms with van der Waals surface area (Å²) in [6, 6.07) is 7.36. The van der Waals surface area contributed by atoms with Crippen molar-refractivity contribution < 1.29 is 5.11 Å². The summed E-state index contributed by atoms with van der Waals surface area (Å²) in [6.07, 6.45) is 7.33. The number of nitrogens with zero attached hydrogens (tertiary/aromatic N) is 3. The highest BCUT2D eigenvalue weighted by molar-refractivity contribution is 6.02. The lowest BCUT2D eigenvalue weighted by atomic mass is 10.1. The van der Waals surface area contributed by atoms with Crippen LogP contribution in [0.25, 0.3) is 0 Å². The van der Waals surface area contributed by atoms with Gasteiger partial charge in [-0.25, -0.2) is 4.98 Å². The van der Waals surface area contributed by atoms with Crippen molar-refractivity contribution in [1.29, 1.82) is 0 Å². The van der Waals surface area contributed by atoms with Crippen molar-refractivity contribution in [2.75, 3.05) is 6.54 Å². The SMILES string of the molecule is CCC(=NCCCn1ccnc1)c1ccccc1O. The van der Waals surface area contributed by atoms with Crippen LogP contribution in [-0.2, 0) is 6.54 Å². The Kier molecular flexibility index (Phi) is 4.72. The summed E-state index contributed by atoms with van der Waals surface area (Å²) in [5, 5.41) is 9.83. The van der Waals surface area contributed by atoms with Crippen molar-refractivity contribution in [2.24, 2.45) is 4.99 Å². The van der Waals surface area contributed by atoms with Gasteiger partial charge in [-0.05, 0) is 25.0 Å². The van der Waals surface area contributed by atoms with Gasteiger partial charge in [0.1, 0.15) is 5.75 Å². The third kappa shape index (κ3) is 3.68. The largest absolute Gasteiger partial charge is 0.507 e. The van der Waals surface area contributed by atoms with Crippen molar-refractivity contribution in [2.45, 2.75) is 26.3 Å². The molecule has 0 aliphatic heterocycles. The van der Waals surface area contributed by atoms with Gasteiger partial charge < -0.3 is 9.67 Å². The summed E-state index contributed by atoms with van der Waals surface area (Å²) in [5.74, 6) is 0.303. The highest BCUT2D eigenvalue weighted by Crippen LogP contribution is 2.18. The Labute approximate surface area is 113 Å². The molecule has 0 aliphatic rings. The van der Waals surface area contributed by atoms with Crippen molar-refractivity contribution in [3.05, 3.63) is 48.5 Å². The van der Waals surface area contributed by atoms with Crippen LogP contribution in [0, 0.1) is 0 Å². The van der Waals surface area contributed by atoms with Gasteiger partial charge in [0.15, 0.2) is 0 Å². The zero-order valence-corrected chi connectivity index (χ0v) is 11.2. The normalized spacial score (nSPS) is 11.7. The Hall–Kier alpha value is -2.10. The van der Waals surface area contributed by atoms with E-state index in [4.69, 9.17) is 0 Å². The predicted molar refractivity (Wildman–Crippen MR) is 76.6 cm³/mol. The fourth-order valence-corrected chi connectivity index (χ4v) is 1.99. The topological polar surface area (TPSA) is 50.4 Å². The smallest absolute Gasteiger partial charge is 0.124 e. The lowest BCUT2D eigenvalue weighted by Crippen LogP contribution is -2.03. The zero-order valence-electron chi connectivity index (χ0n) is 11.2. The second-order valence-electron chi connectivity index (χ2n) is 4.35. The van der Waals surface area contributed by atoms with E-state index < -0.39 is 0 Å². The molecule has 1 aromatic heterocycles. The molecule has 0 radical (unpaired) electrons. The Morgan fingerprint density at radius 1 is 1.37 bits per heavy atom. The first-order chi connectivity index (χ1) is 9.31. The highest BCUT2D eigenvalue weighted by Gasteiger charge is 2.05. The number of imidazole rings is 1. The molecule has 2 rings (SSSR count). The van der Waals surface area contributed by atoms with Gasteiger partial charge in [0.25, 0.3) is 0 Å². The minimum absolute atomic E-state index is 0.303. The molecule has 0 aliphatic carbocycles. The molecule has 0 spiro atoms. The van der Waals surface area contributed by atoms with E-state index in [1.165, 1.54) is 0 Å². The molecular formula is C15H19N3O. The maximum atomic E-state index is 9.83. The van der Waals surface area contributed by atoms with Crippen LogP contribution in [-0.4, -0.2) is 26.9 Å². The van der Waals surface area contributed by atoms with E-state index in [2.05, 4.69) is 16.9 Å². The molecule has 1 heterocycles. The monoisotopic (exact) mass is 257 g/mol. The van der Waals surface area contributed by atoms with Gasteiger partial charge in [0, 0.05) is 36.8 Å². The summed E-state index contributed by atoms with van der Waals surface area (Å²) in [7, 11) is 0. The van der Waals surface area contributed by atoms with E-state index in [-0.39, 0.29) is 0 Å². The Morgan fingerprint density at radius 2 is 2.21 bits per heavy atom. The van der Waals surface area contributed by atoms with Crippen LogP contribution in [0.2, 0.25) is 0 Å². The van der Waals surface area contributed by atoms with Crippen LogP contribution in [0.3, 0.4) is 0 Å². The van der Waals surface area contributed by atoms with Gasteiger partial charge in [-0.3, -0.25) is 4.99 Å². The number of hydrogen-bond donors (Lipinski definition) is 1. The highest BCUT2D eigenvalue weighted by atomic mass is 16.3. The van der Waals surface area contributed by atoms with E-state index in [1.807, 2.05) is 35.3 Å². The van der Waals surface area contributed by atoms with Gasteiger partial charge in [-0.1, -0.05) is 19.1 Å². The Morgan fingerprint density at radius 3 is 2.89 bits per heavy atom. The minimum Gasteiger partial charge on any atom is -0.507 e. The van der Waals surface area contributed by atoms with Crippen molar-refractivity contribution in [3.8, 4) is 5.75 Å². The van der Waals surface area contributed by atoms with Crippen LogP contribution >= 0.6 is 0 Å². The number of aryl methyl sites for hydroxylation is 1. The molecule has 1 aromatic carbocycles. The number of rotatable bonds is 6. The van der Waals surface area contributed by atoms with Crippen molar-refractivity contribution in [3.63, 3.8) is 0 Å². The molecule has 100 valence electrons. The predicted octanol–water partition coefficient (Wildman–Crippen LogP) is 2.88. The number of phenols is 1. The summed E-state index contributed by atoms with van der Waals surface area (Å²) in [5.41, 5.74) is 1.80. The molecule has 0 saturated heterocycles. The molecule has 19 heavy (non-hydrogen) atoms. The zero-order chi connectivity index (χ0) is 13.5. The van der Waals surface area contributed by atoms with Crippen LogP contribution in [0.1, 0.15) is 25.3 Å². The lowest BCUT2D eigenvalue weighted by molar-refractivity contribution is 0.474. The van der Waals surface area contributed by atoms with Gasteiger partial charge in [0.2, 0.25) is 0 Å². The number of aromatic hydroxyl groups is 1. The fraction of sp³-hybridized carbons (Fsp3) is 0.333. The van der Waals surface area contributed by atoms with Crippen LogP contribution in [0.15, 0.2) is 48.0 Å². The van der Waals surface area contributed by atoms with Crippen LogP contribution in [0.4, 0.5) is 0 Å². The molecule has 2 aromatic rings. The average Bonchev–Trinajstić information content (AvgIpc) is 2.93. The molecular weight excluding hydrogens is 238 g/mol. The maximum Gasteiger partial charge on any atom is 0.124 e. The number of benzene rings is 1. The number of phenolic OH excluding ortho intramolecular Hbond substituents is 1. The molecule has 0 fully saturated rings. The third-order valence-electron chi connectivity index (χ3n) is 2.99. The van der Waals surface area contributed by atoms with Gasteiger partial charge in [-0.15, -0.1) is 0 Å². The quantitative estimate of drug-likeness (QED) is 0.639. The summed E-state index contributed by atoms with van der Waals surface area (Å²) in [4.78, 5) is 8.60. The number of hydrogen-bond acceptors (Lipinski definition) is 3. The molecule has 1 N–H and O–H groups in total. The van der Waals surface area contributed by atoms with E-state index in [1.54, 1.807) is 12.3 Å². The van der Waals surface area contributed by atoms with Crippen molar-refractivity contribution >= 4 is 5.71 Å². The third-order valence-corrected chi connectivity index (χ3v) is 2.99. The summed E-state index contributed by atoms with van der Waals surface area (Å²) >= 11 is 0. The van der Waals surface area contributed by atoms with E-state index >= 15 is 0 Å². The molecule has 0 atom stereocenters. The summed E-state index contributed by atoms with van der Waals surface area (Å²) in [6.45, 7) is 3.73. The fourth-order valence-electron chi connectivity index (χ4n) is 1.99. The van der Waals surface area contributed by atoms with E-state index in [0.29, 0.717) is 5.75 Å². The molecule has 0 amide bonds. The van der Waals surface area contributed by atoms with Crippen molar-refractivity contribution in [1.82, 2.24) is 9.55 Å². The van der Waals surface area contributed by atoms with Gasteiger partial charge in [0.05, 0.1) is 6.33 Å². The second-order valence-corrected chi connectivity index (χ2v) is 4.35. The number of aliphatic imine (C=N–C) groups is 1. The van der Waals surface area contributed by atoms with Crippen LogP contribution in [0.5, 0.6) is 5.75 Å². The molecule has 0 bridgehead atoms. The van der Waals surface area contributed by atoms with Gasteiger partial charge >= 0.3 is 0 Å². The molecule has 4 nitrogen and oxygen atoms in total. The average molecular weight is 257 g/mol. The molecule has 0 saturated carbocycles. The Bertz CT molecular complexity index is 532. The second kappa shape index (κ2) is 6.73. The standard InChI is InChI=1S/C15H19N3O/c1-2-14(13-6-3-4-7-15(13)19)17-8-5-10-18-11-9-16-12-18/h3-4,6-7,9,11-12,19H,2,5,8,10H2,1H3. The number of aromatic nitrogens is 2. The first-order valence-corrected chi connectivity index (χ1v) is 6.58. The maximum absolute atomic E-state index is 9.83. The first-order valence-electron chi connectivity index (χ1n) is 6.58. The molecule has 0 unspecified atom stereocenters. The summed E-state index contributed by atoms with van der Waals surface area (Å²) < 4.78 is 2.04. The van der Waals surface area contributed by atoms with Crippen LogP contribution < -0.4 is 0 Å². The number of para-hydroxylation sites is 1. The van der Waals surface area contributed by atoms with Gasteiger partial charge in [-0.2, -0.15) is 0 Å². The first kappa shape index (κ1) is 13.3.